The molecule has 0 aliphatic heterocycles. The number of carbonyl (C=O) groups excluding carboxylic acids is 1. The highest BCUT2D eigenvalue weighted by Gasteiger charge is 2.26. The Balaban J connectivity index is 2.64. The minimum absolute atomic E-state index is 0.00174. The Morgan fingerprint density at radius 2 is 1.86 bits per heavy atom. The third kappa shape index (κ3) is 4.55. The molecule has 156 valence electrons. The number of ketones is 1. The monoisotopic (exact) mass is 399 g/mol. The van der Waals surface area contributed by atoms with Crippen LogP contribution >= 0.6 is 0 Å². The lowest BCUT2D eigenvalue weighted by Gasteiger charge is -2.14. The van der Waals surface area contributed by atoms with Gasteiger partial charge in [0.05, 0.1) is 23.3 Å². The first-order valence-electron chi connectivity index (χ1n) is 9.90. The van der Waals surface area contributed by atoms with Crippen LogP contribution in [0, 0.1) is 17.0 Å². The first-order valence-corrected chi connectivity index (χ1v) is 9.90. The van der Waals surface area contributed by atoms with Gasteiger partial charge in [-0.1, -0.05) is 19.4 Å². The predicted molar refractivity (Wildman–Crippen MR) is 114 cm³/mol. The van der Waals surface area contributed by atoms with Crippen LogP contribution in [-0.4, -0.2) is 27.1 Å². The van der Waals surface area contributed by atoms with Gasteiger partial charge >= 0.3 is 0 Å². The van der Waals surface area contributed by atoms with Crippen LogP contribution in [0.4, 0.5) is 5.69 Å². The van der Waals surface area contributed by atoms with Gasteiger partial charge in [-0.2, -0.15) is 5.10 Å². The van der Waals surface area contributed by atoms with Crippen LogP contribution in [0.5, 0.6) is 5.88 Å². The number of aromatic nitrogens is 2. The number of nitro groups is 1. The number of carbonyl (C=O) groups is 1. The van der Waals surface area contributed by atoms with Crippen LogP contribution in [0.15, 0.2) is 23.9 Å². The maximum atomic E-state index is 13.4. The van der Waals surface area contributed by atoms with Gasteiger partial charge in [0, 0.05) is 18.2 Å². The first kappa shape index (κ1) is 22.3. The molecule has 0 bridgehead atoms. The molecule has 7 nitrogen and oxygen atoms in total. The number of aryl methyl sites for hydroxylation is 1. The van der Waals surface area contributed by atoms with Crippen LogP contribution in [0.1, 0.15) is 74.5 Å². The largest absolute Gasteiger partial charge is 0.477 e. The molecule has 0 fully saturated rings. The Bertz CT molecular complexity index is 953. The summed E-state index contributed by atoms with van der Waals surface area (Å²) in [5.74, 6) is 0.214. The molecule has 0 atom stereocenters. The second kappa shape index (κ2) is 9.49. The Labute approximate surface area is 171 Å². The predicted octanol–water partition coefficient (Wildman–Crippen LogP) is 5.34. The maximum absolute atomic E-state index is 13.4. The van der Waals surface area contributed by atoms with Crippen molar-refractivity contribution in [2.75, 3.05) is 6.61 Å². The van der Waals surface area contributed by atoms with E-state index in [1.54, 1.807) is 11.6 Å². The van der Waals surface area contributed by atoms with Gasteiger partial charge in [0.2, 0.25) is 5.88 Å². The molecule has 29 heavy (non-hydrogen) atoms. The van der Waals surface area contributed by atoms with Crippen molar-refractivity contribution >= 4 is 17.0 Å². The third-order valence-corrected chi connectivity index (χ3v) is 4.92. The molecule has 0 radical (unpaired) electrons. The van der Waals surface area contributed by atoms with Crippen LogP contribution in [0.3, 0.4) is 0 Å². The smallest absolute Gasteiger partial charge is 0.277 e. The topological polar surface area (TPSA) is 87.3 Å². The highest BCUT2D eigenvalue weighted by atomic mass is 16.6. The molecule has 0 aliphatic rings. The minimum Gasteiger partial charge on any atom is -0.477 e. The minimum atomic E-state index is -0.405. The van der Waals surface area contributed by atoms with E-state index in [0.717, 1.165) is 24.0 Å². The summed E-state index contributed by atoms with van der Waals surface area (Å²) in [5, 5.41) is 15.9. The van der Waals surface area contributed by atoms with E-state index >= 15 is 0 Å². The summed E-state index contributed by atoms with van der Waals surface area (Å²) in [6.45, 7) is 12.6. The molecule has 0 N–H and O–H groups in total. The Morgan fingerprint density at radius 3 is 2.41 bits per heavy atom. The summed E-state index contributed by atoms with van der Waals surface area (Å²) in [5.41, 5.74) is 3.65. The molecule has 2 rings (SSSR count). The van der Waals surface area contributed by atoms with Crippen LogP contribution in [0.2, 0.25) is 0 Å². The Morgan fingerprint density at radius 1 is 1.17 bits per heavy atom. The number of ether oxygens (including phenoxy) is 1. The average molecular weight is 399 g/mol. The number of hydrogen-bond donors (Lipinski definition) is 0. The molecule has 0 saturated carbocycles. The molecule has 0 amide bonds. The van der Waals surface area contributed by atoms with E-state index in [4.69, 9.17) is 4.74 Å². The quantitative estimate of drug-likeness (QED) is 0.322. The molecule has 0 spiro atoms. The average Bonchev–Trinajstić information content (AvgIpc) is 3.07. The summed E-state index contributed by atoms with van der Waals surface area (Å²) >= 11 is 0. The van der Waals surface area contributed by atoms with Gasteiger partial charge in [-0.3, -0.25) is 14.9 Å². The Hall–Kier alpha value is -2.96. The van der Waals surface area contributed by atoms with E-state index in [-0.39, 0.29) is 11.5 Å². The number of rotatable bonds is 9. The number of nitro benzene ring substituents is 1. The van der Waals surface area contributed by atoms with E-state index in [1.807, 2.05) is 34.6 Å². The van der Waals surface area contributed by atoms with Gasteiger partial charge in [0.25, 0.3) is 5.69 Å². The highest BCUT2D eigenvalue weighted by molar-refractivity contribution is 6.12. The lowest BCUT2D eigenvalue weighted by molar-refractivity contribution is -0.385. The second-order valence-electron chi connectivity index (χ2n) is 7.28. The summed E-state index contributed by atoms with van der Waals surface area (Å²) < 4.78 is 7.53. The van der Waals surface area contributed by atoms with Gasteiger partial charge in [-0.05, 0) is 57.7 Å². The molecule has 0 unspecified atom stereocenters. The zero-order chi connectivity index (χ0) is 21.7. The number of allylic oxidation sites excluding steroid dienone is 2. The lowest BCUT2D eigenvalue weighted by atomic mass is 9.90. The van der Waals surface area contributed by atoms with Gasteiger partial charge in [-0.15, -0.1) is 0 Å². The van der Waals surface area contributed by atoms with Crippen molar-refractivity contribution in [3.63, 3.8) is 0 Å². The van der Waals surface area contributed by atoms with Gasteiger partial charge in [-0.25, -0.2) is 4.68 Å². The first-order chi connectivity index (χ1) is 13.7. The van der Waals surface area contributed by atoms with Crippen molar-refractivity contribution in [2.45, 2.75) is 60.9 Å². The molecule has 2 aromatic rings. The molecule has 1 aromatic heterocycles. The summed E-state index contributed by atoms with van der Waals surface area (Å²) in [4.78, 5) is 24.5. The van der Waals surface area contributed by atoms with Crippen LogP contribution in [-0.2, 0) is 6.54 Å². The van der Waals surface area contributed by atoms with Crippen molar-refractivity contribution < 1.29 is 14.5 Å². The molecular weight excluding hydrogens is 370 g/mol. The fourth-order valence-electron chi connectivity index (χ4n) is 3.22. The van der Waals surface area contributed by atoms with Gasteiger partial charge in [0.15, 0.2) is 5.78 Å². The maximum Gasteiger partial charge on any atom is 0.277 e. The molecular formula is C22H29N3O4. The van der Waals surface area contributed by atoms with Crippen molar-refractivity contribution in [3.05, 3.63) is 56.3 Å². The van der Waals surface area contributed by atoms with E-state index in [2.05, 4.69) is 5.10 Å². The molecule has 0 saturated heterocycles. The fraction of sp³-hybridized carbons (Fsp3) is 0.455. The molecule has 1 heterocycles. The highest BCUT2D eigenvalue weighted by Crippen LogP contribution is 2.34. The van der Waals surface area contributed by atoms with Crippen molar-refractivity contribution in [3.8, 4) is 5.88 Å². The number of benzene rings is 1. The zero-order valence-corrected chi connectivity index (χ0v) is 18.0. The van der Waals surface area contributed by atoms with Crippen molar-refractivity contribution in [1.29, 1.82) is 0 Å². The van der Waals surface area contributed by atoms with E-state index < -0.39 is 4.92 Å². The van der Waals surface area contributed by atoms with Crippen LogP contribution < -0.4 is 4.74 Å². The Kier molecular flexibility index (Phi) is 7.31. The van der Waals surface area contributed by atoms with Crippen molar-refractivity contribution in [1.82, 2.24) is 9.78 Å². The lowest BCUT2D eigenvalue weighted by Crippen LogP contribution is -2.11. The fourth-order valence-corrected chi connectivity index (χ4v) is 3.22. The van der Waals surface area contributed by atoms with Gasteiger partial charge in [0.1, 0.15) is 5.56 Å². The van der Waals surface area contributed by atoms with Crippen LogP contribution in [0.25, 0.3) is 5.57 Å². The molecule has 7 heteroatoms. The standard InChI is InChI=1S/C22H29N3O4/c1-7-11-24-22(29-12-8-2)18(13-23-24)21(26)17-9-10-19(25(27)28)20(16(17)6)15(5)14(3)4/h9-10,13H,7-8,11-12H2,1-6H3. The second-order valence-corrected chi connectivity index (χ2v) is 7.28. The third-order valence-electron chi connectivity index (χ3n) is 4.92. The summed E-state index contributed by atoms with van der Waals surface area (Å²) in [6.07, 6.45) is 3.20. The summed E-state index contributed by atoms with van der Waals surface area (Å²) in [7, 11) is 0. The van der Waals surface area contributed by atoms with Gasteiger partial charge < -0.3 is 4.74 Å². The summed E-state index contributed by atoms with van der Waals surface area (Å²) in [6, 6.07) is 2.93. The van der Waals surface area contributed by atoms with E-state index in [9.17, 15) is 14.9 Å². The SMILES string of the molecule is CCCOc1c(C(=O)c2ccc([N+](=O)[O-])c(C(C)=C(C)C)c2C)cnn1CCC. The number of hydrogen-bond acceptors (Lipinski definition) is 5. The molecule has 1 aromatic carbocycles. The zero-order valence-electron chi connectivity index (χ0n) is 18.0. The van der Waals surface area contributed by atoms with E-state index in [1.165, 1.54) is 18.3 Å². The van der Waals surface area contributed by atoms with E-state index in [0.29, 0.717) is 41.3 Å². The van der Waals surface area contributed by atoms with Crippen molar-refractivity contribution in [2.24, 2.45) is 0 Å². The molecule has 0 aliphatic carbocycles. The normalized spacial score (nSPS) is 10.7. The number of nitrogens with zero attached hydrogens (tertiary/aromatic N) is 3.